The van der Waals surface area contributed by atoms with Crippen molar-refractivity contribution < 1.29 is 19.1 Å². The lowest BCUT2D eigenvalue weighted by Crippen LogP contribution is -2.27. The number of ether oxygens (including phenoxy) is 2. The molecule has 1 amide bonds. The average molecular weight is 443 g/mol. The molecular weight excluding hydrogens is 416 g/mol. The molecule has 0 fully saturated rings. The minimum Gasteiger partial charge on any atom is -0.454 e. The van der Waals surface area contributed by atoms with Gasteiger partial charge in [-0.05, 0) is 37.1 Å². The Morgan fingerprint density at radius 1 is 0.879 bits per heavy atom. The van der Waals surface area contributed by atoms with Crippen LogP contribution in [0.3, 0.4) is 0 Å². The Balaban J connectivity index is 0.000000238. The average Bonchev–Trinajstić information content (AvgIpc) is 3.44. The Bertz CT molecular complexity index is 1220. The van der Waals surface area contributed by atoms with Crippen LogP contribution in [0.25, 0.3) is 10.9 Å². The lowest BCUT2D eigenvalue weighted by molar-refractivity contribution is -0.120. The number of H-pyrrole nitrogens is 1. The van der Waals surface area contributed by atoms with E-state index in [0.717, 1.165) is 29.1 Å². The fourth-order valence-corrected chi connectivity index (χ4v) is 3.76. The lowest BCUT2D eigenvalue weighted by Gasteiger charge is -2.06. The second-order valence-corrected chi connectivity index (χ2v) is 7.69. The number of carbonyl (C=O) groups excluding carboxylic acids is 2. The third-order valence-corrected chi connectivity index (χ3v) is 5.42. The smallest absolute Gasteiger partial charge is 0.231 e. The van der Waals surface area contributed by atoms with Crippen molar-refractivity contribution in [2.75, 3.05) is 13.3 Å². The van der Waals surface area contributed by atoms with Crippen molar-refractivity contribution in [3.05, 3.63) is 95.7 Å². The van der Waals surface area contributed by atoms with E-state index in [-0.39, 0.29) is 18.1 Å². The first kappa shape index (κ1) is 22.1. The molecule has 6 nitrogen and oxygen atoms in total. The molecule has 1 aliphatic rings. The number of carbonyl (C=O) groups is 2. The maximum absolute atomic E-state index is 12.0. The van der Waals surface area contributed by atoms with Crippen LogP contribution >= 0.6 is 0 Å². The number of aromatic nitrogens is 1. The largest absolute Gasteiger partial charge is 0.454 e. The highest BCUT2D eigenvalue weighted by Crippen LogP contribution is 2.30. The van der Waals surface area contributed by atoms with E-state index < -0.39 is 0 Å². The summed E-state index contributed by atoms with van der Waals surface area (Å²) >= 11 is 0. The zero-order chi connectivity index (χ0) is 23.0. The van der Waals surface area contributed by atoms with Crippen LogP contribution in [0.4, 0.5) is 0 Å². The molecule has 168 valence electrons. The number of nitrogens with one attached hydrogen (secondary N) is 2. The van der Waals surface area contributed by atoms with E-state index in [1.807, 2.05) is 55.5 Å². The van der Waals surface area contributed by atoms with Crippen molar-refractivity contribution in [3.8, 4) is 11.5 Å². The Hall–Kier alpha value is -4.06. The topological polar surface area (TPSA) is 80.4 Å². The summed E-state index contributed by atoms with van der Waals surface area (Å²) in [6.07, 6.45) is 0.623. The highest BCUT2D eigenvalue weighted by molar-refractivity contribution is 6.07. The first-order valence-corrected chi connectivity index (χ1v) is 10.9. The number of aryl methyl sites for hydroxylation is 1. The van der Waals surface area contributed by atoms with Gasteiger partial charge in [0.05, 0.1) is 6.42 Å². The molecule has 0 bridgehead atoms. The highest BCUT2D eigenvalue weighted by atomic mass is 16.7. The summed E-state index contributed by atoms with van der Waals surface area (Å²) in [5, 5.41) is 4.02. The van der Waals surface area contributed by atoms with E-state index in [9.17, 15) is 9.59 Å². The van der Waals surface area contributed by atoms with Crippen LogP contribution in [-0.2, 0) is 11.2 Å². The van der Waals surface area contributed by atoms with Gasteiger partial charge in [0.25, 0.3) is 0 Å². The monoisotopic (exact) mass is 442 g/mol. The summed E-state index contributed by atoms with van der Waals surface area (Å²) in [5.41, 5.74) is 4.00. The van der Waals surface area contributed by atoms with Gasteiger partial charge in [0, 0.05) is 28.7 Å². The van der Waals surface area contributed by atoms with E-state index in [2.05, 4.69) is 16.4 Å². The first-order chi connectivity index (χ1) is 16.1. The molecular formula is C27H26N2O4. The number of rotatable bonds is 6. The predicted molar refractivity (Wildman–Crippen MR) is 128 cm³/mol. The van der Waals surface area contributed by atoms with Crippen LogP contribution in [-0.4, -0.2) is 30.0 Å². The maximum Gasteiger partial charge on any atom is 0.231 e. The van der Waals surface area contributed by atoms with Crippen molar-refractivity contribution in [1.82, 2.24) is 10.3 Å². The van der Waals surface area contributed by atoms with Gasteiger partial charge in [0.1, 0.15) is 0 Å². The van der Waals surface area contributed by atoms with Gasteiger partial charge in [-0.1, -0.05) is 60.7 Å². The molecule has 1 aromatic heterocycles. The Kier molecular flexibility index (Phi) is 7.05. The number of ketones is 1. The molecule has 4 aromatic rings. The molecule has 0 spiro atoms. The molecule has 0 unspecified atom stereocenters. The molecule has 6 heteroatoms. The normalized spacial score (nSPS) is 11.5. The van der Waals surface area contributed by atoms with Crippen molar-refractivity contribution in [1.29, 1.82) is 0 Å². The Morgan fingerprint density at radius 2 is 1.52 bits per heavy atom. The summed E-state index contributed by atoms with van der Waals surface area (Å²) in [6.45, 7) is 2.92. The summed E-state index contributed by atoms with van der Waals surface area (Å²) in [4.78, 5) is 27.3. The number of fused-ring (bicyclic) bond motifs is 2. The lowest BCUT2D eigenvalue weighted by atomic mass is 10.1. The quantitative estimate of drug-likeness (QED) is 0.331. The number of Topliss-reactive ketones (excluding diaryl/α,β-unsaturated/α-hetero) is 1. The van der Waals surface area contributed by atoms with Crippen LogP contribution in [0.5, 0.6) is 11.5 Å². The van der Waals surface area contributed by atoms with Gasteiger partial charge >= 0.3 is 0 Å². The van der Waals surface area contributed by atoms with Crippen molar-refractivity contribution in [2.24, 2.45) is 0 Å². The Morgan fingerprint density at radius 3 is 2.24 bits per heavy atom. The van der Waals surface area contributed by atoms with E-state index in [4.69, 9.17) is 9.47 Å². The molecule has 0 saturated carbocycles. The summed E-state index contributed by atoms with van der Waals surface area (Å²) in [5.74, 6) is 1.30. The molecule has 0 atom stereocenters. The second kappa shape index (κ2) is 10.5. The number of aromatic amines is 1. The number of amides is 1. The number of hydrogen-bond acceptors (Lipinski definition) is 4. The molecule has 3 aromatic carbocycles. The highest BCUT2D eigenvalue weighted by Gasteiger charge is 2.12. The zero-order valence-corrected chi connectivity index (χ0v) is 18.5. The van der Waals surface area contributed by atoms with E-state index >= 15 is 0 Å². The fourth-order valence-electron chi connectivity index (χ4n) is 3.76. The second-order valence-electron chi connectivity index (χ2n) is 7.69. The van der Waals surface area contributed by atoms with Gasteiger partial charge < -0.3 is 19.8 Å². The number of hydrogen-bond donors (Lipinski definition) is 2. The third-order valence-electron chi connectivity index (χ3n) is 5.42. The van der Waals surface area contributed by atoms with Crippen LogP contribution < -0.4 is 14.8 Å². The summed E-state index contributed by atoms with van der Waals surface area (Å²) in [7, 11) is 0. The SMILES string of the molecule is Cc1[nH]c2ccccc2c1CCNC(=O)CC(=O)c1ccccc1.c1ccc2c(c1)OCO2. The van der Waals surface area contributed by atoms with E-state index in [1.165, 1.54) is 10.9 Å². The van der Waals surface area contributed by atoms with Gasteiger partial charge in [0.2, 0.25) is 12.7 Å². The molecule has 0 saturated heterocycles. The summed E-state index contributed by atoms with van der Waals surface area (Å²) < 4.78 is 10.2. The molecule has 0 radical (unpaired) electrons. The molecule has 33 heavy (non-hydrogen) atoms. The van der Waals surface area contributed by atoms with Gasteiger partial charge in [0.15, 0.2) is 17.3 Å². The van der Waals surface area contributed by atoms with Crippen LogP contribution in [0.15, 0.2) is 78.9 Å². The third kappa shape index (κ3) is 5.60. The zero-order valence-electron chi connectivity index (χ0n) is 18.5. The number of benzene rings is 3. The first-order valence-electron chi connectivity index (χ1n) is 10.9. The van der Waals surface area contributed by atoms with Crippen molar-refractivity contribution >= 4 is 22.6 Å². The van der Waals surface area contributed by atoms with E-state index in [1.54, 1.807) is 24.3 Å². The molecule has 5 rings (SSSR count). The van der Waals surface area contributed by atoms with Gasteiger partial charge in [-0.25, -0.2) is 0 Å². The standard InChI is InChI=1S/C20H20N2O2.C7H6O2/c1-14-16(17-9-5-6-10-18(17)22-14)11-12-21-20(24)13-19(23)15-7-3-2-4-8-15;1-2-4-7-6(3-1)8-5-9-7/h2-10,22H,11-13H2,1H3,(H,21,24);1-4H,5H2. The van der Waals surface area contributed by atoms with Gasteiger partial charge in [-0.2, -0.15) is 0 Å². The molecule has 2 heterocycles. The molecule has 2 N–H and O–H groups in total. The summed E-state index contributed by atoms with van der Waals surface area (Å²) in [6, 6.07) is 24.7. The van der Waals surface area contributed by atoms with Crippen molar-refractivity contribution in [2.45, 2.75) is 19.8 Å². The van der Waals surface area contributed by atoms with Crippen LogP contribution in [0.1, 0.15) is 28.0 Å². The van der Waals surface area contributed by atoms with Crippen LogP contribution in [0.2, 0.25) is 0 Å². The van der Waals surface area contributed by atoms with E-state index in [0.29, 0.717) is 18.9 Å². The molecule has 0 aliphatic carbocycles. The van der Waals surface area contributed by atoms with Crippen LogP contribution in [0, 0.1) is 6.92 Å². The van der Waals surface area contributed by atoms with Gasteiger partial charge in [-0.3, -0.25) is 9.59 Å². The minimum absolute atomic E-state index is 0.114. The predicted octanol–water partition coefficient (Wildman–Crippen LogP) is 4.82. The fraction of sp³-hybridized carbons (Fsp3) is 0.185. The minimum atomic E-state index is -0.235. The maximum atomic E-state index is 12.0. The van der Waals surface area contributed by atoms with Gasteiger partial charge in [-0.15, -0.1) is 0 Å². The number of para-hydroxylation sites is 3. The van der Waals surface area contributed by atoms with Crippen molar-refractivity contribution in [3.63, 3.8) is 0 Å². The Labute approximate surface area is 192 Å². The molecule has 1 aliphatic heterocycles.